The van der Waals surface area contributed by atoms with Crippen LogP contribution in [0.1, 0.15) is 47.7 Å². The van der Waals surface area contributed by atoms with E-state index in [1.54, 1.807) is 11.7 Å². The Labute approximate surface area is 178 Å². The second-order valence-corrected chi connectivity index (χ2v) is 8.83. The van der Waals surface area contributed by atoms with E-state index < -0.39 is 5.82 Å². The van der Waals surface area contributed by atoms with Gasteiger partial charge in [-0.3, -0.25) is 9.48 Å². The van der Waals surface area contributed by atoms with Gasteiger partial charge in [-0.05, 0) is 67.8 Å². The molecule has 4 rings (SSSR count). The standard InChI is InChI=1S/C20H24ClFN4O2S/c1-26-19(23)17(20(27)24-13-3-4-16(22)15(21)9-13)18(25-26)12-5-10-7-14(28-29-2)8-11(10)6-12/h3-4,9-12,14H,5-8,23H2,1-2H3,(H,24,27). The van der Waals surface area contributed by atoms with Crippen LogP contribution in [0.5, 0.6) is 0 Å². The molecule has 3 N–H and O–H groups in total. The maximum Gasteiger partial charge on any atom is 0.261 e. The smallest absolute Gasteiger partial charge is 0.261 e. The molecule has 1 aromatic heterocycles. The molecule has 29 heavy (non-hydrogen) atoms. The molecule has 9 heteroatoms. The van der Waals surface area contributed by atoms with Crippen LogP contribution in [-0.2, 0) is 11.2 Å². The molecule has 2 atom stereocenters. The van der Waals surface area contributed by atoms with Crippen LogP contribution in [0.2, 0.25) is 5.02 Å². The molecule has 1 heterocycles. The minimum absolute atomic E-state index is 0.0483. The second kappa shape index (κ2) is 8.16. The fourth-order valence-electron chi connectivity index (χ4n) is 4.84. The minimum Gasteiger partial charge on any atom is -0.383 e. The number of carbonyl (C=O) groups excluding carboxylic acids is 1. The number of hydrogen-bond acceptors (Lipinski definition) is 5. The zero-order valence-corrected chi connectivity index (χ0v) is 17.9. The molecule has 2 fully saturated rings. The summed E-state index contributed by atoms with van der Waals surface area (Å²) in [5, 5.41) is 7.30. The van der Waals surface area contributed by atoms with Gasteiger partial charge in [0.1, 0.15) is 17.2 Å². The van der Waals surface area contributed by atoms with E-state index in [-0.39, 0.29) is 16.8 Å². The molecular formula is C20H24ClFN4O2S. The van der Waals surface area contributed by atoms with Crippen LogP contribution < -0.4 is 11.1 Å². The number of anilines is 2. The van der Waals surface area contributed by atoms with Crippen LogP contribution in [0.25, 0.3) is 0 Å². The summed E-state index contributed by atoms with van der Waals surface area (Å²) in [6, 6.07) is 4.07. The van der Waals surface area contributed by atoms with Crippen molar-refractivity contribution in [2.75, 3.05) is 17.3 Å². The van der Waals surface area contributed by atoms with E-state index in [2.05, 4.69) is 10.4 Å². The highest BCUT2D eigenvalue weighted by atomic mass is 35.5. The lowest BCUT2D eigenvalue weighted by atomic mass is 9.96. The van der Waals surface area contributed by atoms with Crippen molar-refractivity contribution in [3.8, 4) is 0 Å². The van der Waals surface area contributed by atoms with Crippen molar-refractivity contribution in [2.24, 2.45) is 18.9 Å². The summed E-state index contributed by atoms with van der Waals surface area (Å²) >= 11 is 7.25. The van der Waals surface area contributed by atoms with Gasteiger partial charge in [0, 0.05) is 24.9 Å². The van der Waals surface area contributed by atoms with Crippen molar-refractivity contribution in [3.63, 3.8) is 0 Å². The summed E-state index contributed by atoms with van der Waals surface area (Å²) in [6.07, 6.45) is 6.35. The third-order valence-corrected chi connectivity index (χ3v) is 6.87. The van der Waals surface area contributed by atoms with Gasteiger partial charge >= 0.3 is 0 Å². The van der Waals surface area contributed by atoms with Gasteiger partial charge in [0.15, 0.2) is 0 Å². The average molecular weight is 439 g/mol. The third kappa shape index (κ3) is 3.98. The van der Waals surface area contributed by atoms with E-state index in [1.165, 1.54) is 30.2 Å². The lowest BCUT2D eigenvalue weighted by molar-refractivity contribution is 0.102. The number of hydrogen-bond donors (Lipinski definition) is 2. The fraction of sp³-hybridized carbons (Fsp3) is 0.500. The Bertz CT molecular complexity index is 923. The number of nitrogen functional groups attached to an aromatic ring is 1. The molecule has 0 aliphatic heterocycles. The second-order valence-electron chi connectivity index (χ2n) is 7.90. The number of nitrogens with one attached hydrogen (secondary N) is 1. The molecule has 0 spiro atoms. The van der Waals surface area contributed by atoms with Crippen molar-refractivity contribution in [3.05, 3.63) is 40.3 Å². The fourth-order valence-corrected chi connectivity index (χ4v) is 5.45. The maximum absolute atomic E-state index is 13.4. The number of amides is 1. The van der Waals surface area contributed by atoms with Gasteiger partial charge < -0.3 is 15.2 Å². The summed E-state index contributed by atoms with van der Waals surface area (Å²) in [6.45, 7) is 0. The zero-order chi connectivity index (χ0) is 20.7. The van der Waals surface area contributed by atoms with E-state index >= 15 is 0 Å². The van der Waals surface area contributed by atoms with E-state index in [4.69, 9.17) is 21.5 Å². The van der Waals surface area contributed by atoms with Crippen LogP contribution in [0.3, 0.4) is 0 Å². The molecule has 2 aliphatic rings. The minimum atomic E-state index is -0.535. The lowest BCUT2D eigenvalue weighted by Crippen LogP contribution is -2.16. The van der Waals surface area contributed by atoms with E-state index in [1.807, 2.05) is 6.26 Å². The Kier molecular flexibility index (Phi) is 5.77. The van der Waals surface area contributed by atoms with Crippen molar-refractivity contribution < 1.29 is 13.4 Å². The van der Waals surface area contributed by atoms with E-state index in [9.17, 15) is 9.18 Å². The Balaban J connectivity index is 1.53. The first kappa shape index (κ1) is 20.5. The summed E-state index contributed by atoms with van der Waals surface area (Å²) in [4.78, 5) is 13.0. The largest absolute Gasteiger partial charge is 0.383 e. The number of aryl methyl sites for hydroxylation is 1. The average Bonchev–Trinajstić information content (AvgIpc) is 3.30. The molecule has 156 valence electrons. The molecule has 6 nitrogen and oxygen atoms in total. The highest BCUT2D eigenvalue weighted by Gasteiger charge is 2.44. The Hall–Kier alpha value is -1.77. The number of halogens is 2. The summed E-state index contributed by atoms with van der Waals surface area (Å²) in [5.41, 5.74) is 7.74. The summed E-state index contributed by atoms with van der Waals surface area (Å²) in [5.74, 6) is 0.813. The van der Waals surface area contributed by atoms with Gasteiger partial charge in [-0.15, -0.1) is 0 Å². The summed E-state index contributed by atoms with van der Waals surface area (Å²) < 4.78 is 20.7. The SMILES string of the molecule is CSOC1CC2CC(c3nn(C)c(N)c3C(=O)Nc3ccc(F)c(Cl)c3)CC2C1. The number of rotatable bonds is 5. The number of nitrogens with zero attached hydrogens (tertiary/aromatic N) is 2. The molecular weight excluding hydrogens is 415 g/mol. The molecule has 2 saturated carbocycles. The summed E-state index contributed by atoms with van der Waals surface area (Å²) in [7, 11) is 1.74. The van der Waals surface area contributed by atoms with Crippen LogP contribution in [0.15, 0.2) is 18.2 Å². The quantitative estimate of drug-likeness (QED) is 0.666. The molecule has 2 aliphatic carbocycles. The normalized spacial score (nSPS) is 25.9. The number of carbonyl (C=O) groups is 1. The molecule has 1 amide bonds. The van der Waals surface area contributed by atoms with Gasteiger partial charge in [-0.25, -0.2) is 4.39 Å². The Morgan fingerprint density at radius 1 is 1.34 bits per heavy atom. The maximum atomic E-state index is 13.4. The first-order chi connectivity index (χ1) is 13.9. The number of nitrogens with two attached hydrogens (primary N) is 1. The Morgan fingerprint density at radius 2 is 2.03 bits per heavy atom. The molecule has 2 unspecified atom stereocenters. The van der Waals surface area contributed by atoms with Gasteiger partial charge in [-0.1, -0.05) is 11.6 Å². The number of benzene rings is 1. The van der Waals surface area contributed by atoms with Crippen LogP contribution in [-0.4, -0.2) is 28.0 Å². The predicted molar refractivity (Wildman–Crippen MR) is 114 cm³/mol. The molecule has 0 bridgehead atoms. The monoisotopic (exact) mass is 438 g/mol. The first-order valence-electron chi connectivity index (χ1n) is 9.65. The molecule has 2 aromatic rings. The van der Waals surface area contributed by atoms with E-state index in [0.717, 1.165) is 31.4 Å². The van der Waals surface area contributed by atoms with Crippen molar-refractivity contribution in [1.82, 2.24) is 9.78 Å². The van der Waals surface area contributed by atoms with E-state index in [0.29, 0.717) is 35.0 Å². The first-order valence-corrected chi connectivity index (χ1v) is 11.2. The number of aromatic nitrogens is 2. The number of fused-ring (bicyclic) bond motifs is 1. The molecule has 0 radical (unpaired) electrons. The highest BCUT2D eigenvalue weighted by molar-refractivity contribution is 7.93. The van der Waals surface area contributed by atoms with Crippen LogP contribution in [0, 0.1) is 17.7 Å². The van der Waals surface area contributed by atoms with Gasteiger partial charge in [0.2, 0.25) is 0 Å². The predicted octanol–water partition coefficient (Wildman–Crippen LogP) is 4.61. The lowest BCUT2D eigenvalue weighted by Gasteiger charge is -2.14. The zero-order valence-electron chi connectivity index (χ0n) is 16.3. The van der Waals surface area contributed by atoms with Gasteiger partial charge in [0.05, 0.1) is 16.8 Å². The van der Waals surface area contributed by atoms with Crippen LogP contribution in [0.4, 0.5) is 15.9 Å². The van der Waals surface area contributed by atoms with Crippen molar-refractivity contribution in [1.29, 1.82) is 0 Å². The molecule has 0 saturated heterocycles. The van der Waals surface area contributed by atoms with Gasteiger partial charge in [0.25, 0.3) is 5.91 Å². The van der Waals surface area contributed by atoms with Gasteiger partial charge in [-0.2, -0.15) is 5.10 Å². The van der Waals surface area contributed by atoms with Crippen molar-refractivity contribution in [2.45, 2.75) is 37.7 Å². The van der Waals surface area contributed by atoms with Crippen molar-refractivity contribution >= 4 is 41.1 Å². The highest BCUT2D eigenvalue weighted by Crippen LogP contribution is 2.52. The van der Waals surface area contributed by atoms with Crippen LogP contribution >= 0.6 is 23.6 Å². The topological polar surface area (TPSA) is 82.2 Å². The Morgan fingerprint density at radius 3 is 2.66 bits per heavy atom. The molecule has 1 aromatic carbocycles. The third-order valence-electron chi connectivity index (χ3n) is 6.11.